The topological polar surface area (TPSA) is 25.2 Å². The van der Waals surface area contributed by atoms with Crippen LogP contribution >= 0.6 is 15.9 Å². The summed E-state index contributed by atoms with van der Waals surface area (Å²) in [5.74, 6) is 1.99. The van der Waals surface area contributed by atoms with Crippen molar-refractivity contribution in [2.75, 3.05) is 6.54 Å². The summed E-state index contributed by atoms with van der Waals surface area (Å²) < 4.78 is 6.99. The summed E-state index contributed by atoms with van der Waals surface area (Å²) in [6.07, 6.45) is 5.58. The summed E-state index contributed by atoms with van der Waals surface area (Å²) in [6.45, 7) is 3.26. The van der Waals surface area contributed by atoms with Crippen LogP contribution in [0.3, 0.4) is 0 Å². The highest BCUT2D eigenvalue weighted by Gasteiger charge is 2.17. The van der Waals surface area contributed by atoms with Crippen molar-refractivity contribution in [3.05, 3.63) is 34.5 Å². The minimum atomic E-state index is 0.284. The molecule has 1 atom stereocenters. The molecule has 1 fully saturated rings. The molecule has 19 heavy (non-hydrogen) atoms. The van der Waals surface area contributed by atoms with E-state index in [1.165, 1.54) is 25.7 Å². The van der Waals surface area contributed by atoms with Gasteiger partial charge in [-0.15, -0.1) is 0 Å². The Morgan fingerprint density at radius 3 is 2.95 bits per heavy atom. The van der Waals surface area contributed by atoms with Gasteiger partial charge in [-0.05, 0) is 50.1 Å². The molecule has 1 unspecified atom stereocenters. The van der Waals surface area contributed by atoms with Gasteiger partial charge in [-0.2, -0.15) is 0 Å². The first-order valence-electron chi connectivity index (χ1n) is 7.15. The average Bonchev–Trinajstić information content (AvgIpc) is 2.75. The molecule has 0 saturated heterocycles. The molecule has 0 spiro atoms. The maximum Gasteiger partial charge on any atom is 0.134 e. The maximum absolute atomic E-state index is 5.90. The average molecular weight is 322 g/mol. The second kappa shape index (κ2) is 5.68. The predicted molar refractivity (Wildman–Crippen MR) is 82.3 cm³/mol. The van der Waals surface area contributed by atoms with Gasteiger partial charge in [0.1, 0.15) is 11.3 Å². The number of halogens is 1. The standard InChI is InChI=1S/C16H20BrNO/c1-11(18-8-7-12-3-2-4-12)16-10-13-9-14(17)5-6-15(13)19-16/h5-6,9-12,18H,2-4,7-8H2,1H3. The monoisotopic (exact) mass is 321 g/mol. The molecule has 102 valence electrons. The van der Waals surface area contributed by atoms with E-state index in [2.05, 4.69) is 40.3 Å². The SMILES string of the molecule is CC(NCCC1CCC1)c1cc2cc(Br)ccc2o1. The smallest absolute Gasteiger partial charge is 0.134 e. The summed E-state index contributed by atoms with van der Waals surface area (Å²) in [5.41, 5.74) is 0.964. The van der Waals surface area contributed by atoms with Crippen LogP contribution in [0, 0.1) is 5.92 Å². The van der Waals surface area contributed by atoms with Crippen molar-refractivity contribution in [2.45, 2.75) is 38.6 Å². The number of fused-ring (bicyclic) bond motifs is 1. The van der Waals surface area contributed by atoms with E-state index in [0.29, 0.717) is 0 Å². The Balaban J connectivity index is 1.61. The summed E-state index contributed by atoms with van der Waals surface area (Å²) in [5, 5.41) is 4.73. The van der Waals surface area contributed by atoms with Gasteiger partial charge in [0.05, 0.1) is 6.04 Å². The molecule has 3 rings (SSSR count). The van der Waals surface area contributed by atoms with E-state index in [-0.39, 0.29) is 6.04 Å². The molecule has 1 heterocycles. The quantitative estimate of drug-likeness (QED) is 0.834. The van der Waals surface area contributed by atoms with E-state index in [0.717, 1.165) is 33.7 Å². The Hall–Kier alpha value is -0.800. The van der Waals surface area contributed by atoms with Crippen LogP contribution < -0.4 is 5.32 Å². The lowest BCUT2D eigenvalue weighted by atomic mass is 9.83. The number of hydrogen-bond acceptors (Lipinski definition) is 2. The Labute approximate surface area is 122 Å². The molecule has 0 radical (unpaired) electrons. The summed E-state index contributed by atoms with van der Waals surface area (Å²) in [7, 11) is 0. The molecular weight excluding hydrogens is 302 g/mol. The fraction of sp³-hybridized carbons (Fsp3) is 0.500. The van der Waals surface area contributed by atoms with Gasteiger partial charge in [-0.3, -0.25) is 0 Å². The zero-order valence-electron chi connectivity index (χ0n) is 11.3. The summed E-state index contributed by atoms with van der Waals surface area (Å²) in [4.78, 5) is 0. The molecule has 0 bridgehead atoms. The van der Waals surface area contributed by atoms with Crippen molar-refractivity contribution in [2.24, 2.45) is 5.92 Å². The number of hydrogen-bond donors (Lipinski definition) is 1. The fourth-order valence-corrected chi connectivity index (χ4v) is 3.01. The van der Waals surface area contributed by atoms with Crippen LogP contribution in [0.2, 0.25) is 0 Å². The Kier molecular flexibility index (Phi) is 3.94. The third-order valence-corrected chi connectivity index (χ3v) is 4.65. The molecule has 1 N–H and O–H groups in total. The van der Waals surface area contributed by atoms with Crippen molar-refractivity contribution >= 4 is 26.9 Å². The van der Waals surface area contributed by atoms with Crippen LogP contribution in [0.5, 0.6) is 0 Å². The van der Waals surface area contributed by atoms with Gasteiger partial charge in [0.2, 0.25) is 0 Å². The van der Waals surface area contributed by atoms with Crippen LogP contribution in [-0.2, 0) is 0 Å². The van der Waals surface area contributed by atoms with Crippen molar-refractivity contribution in [3.63, 3.8) is 0 Å². The number of rotatable bonds is 5. The van der Waals surface area contributed by atoms with Crippen LogP contribution in [-0.4, -0.2) is 6.54 Å². The lowest BCUT2D eigenvalue weighted by Gasteiger charge is -2.25. The van der Waals surface area contributed by atoms with E-state index in [9.17, 15) is 0 Å². The zero-order chi connectivity index (χ0) is 13.2. The lowest BCUT2D eigenvalue weighted by Crippen LogP contribution is -2.23. The maximum atomic E-state index is 5.90. The largest absolute Gasteiger partial charge is 0.459 e. The summed E-state index contributed by atoms with van der Waals surface area (Å²) >= 11 is 3.49. The van der Waals surface area contributed by atoms with E-state index in [4.69, 9.17) is 4.42 Å². The first-order valence-corrected chi connectivity index (χ1v) is 7.94. The van der Waals surface area contributed by atoms with Gasteiger partial charge in [-0.1, -0.05) is 35.2 Å². The fourth-order valence-electron chi connectivity index (χ4n) is 2.63. The summed E-state index contributed by atoms with van der Waals surface area (Å²) in [6, 6.07) is 8.56. The zero-order valence-corrected chi connectivity index (χ0v) is 12.9. The molecule has 1 aliphatic rings. The predicted octanol–water partition coefficient (Wildman–Crippen LogP) is 5.04. The second-order valence-electron chi connectivity index (χ2n) is 5.59. The van der Waals surface area contributed by atoms with Crippen molar-refractivity contribution in [3.8, 4) is 0 Å². The Bertz CT molecular complexity index is 559. The van der Waals surface area contributed by atoms with Crippen LogP contribution in [0.25, 0.3) is 11.0 Å². The third-order valence-electron chi connectivity index (χ3n) is 4.15. The third kappa shape index (κ3) is 3.03. The van der Waals surface area contributed by atoms with Gasteiger partial charge >= 0.3 is 0 Å². The minimum Gasteiger partial charge on any atom is -0.459 e. The van der Waals surface area contributed by atoms with Gasteiger partial charge < -0.3 is 9.73 Å². The molecular formula is C16H20BrNO. The molecule has 2 aromatic rings. The molecule has 1 aliphatic carbocycles. The van der Waals surface area contributed by atoms with E-state index >= 15 is 0 Å². The first kappa shape index (κ1) is 13.2. The van der Waals surface area contributed by atoms with Crippen LogP contribution in [0.1, 0.15) is 44.4 Å². The molecule has 1 aromatic heterocycles. The van der Waals surface area contributed by atoms with Crippen molar-refractivity contribution in [1.29, 1.82) is 0 Å². The highest BCUT2D eigenvalue weighted by atomic mass is 79.9. The van der Waals surface area contributed by atoms with Gasteiger partial charge in [0, 0.05) is 9.86 Å². The lowest BCUT2D eigenvalue weighted by molar-refractivity contribution is 0.286. The number of furan rings is 1. The number of benzene rings is 1. The highest BCUT2D eigenvalue weighted by molar-refractivity contribution is 9.10. The molecule has 0 aliphatic heterocycles. The van der Waals surface area contributed by atoms with Crippen LogP contribution in [0.4, 0.5) is 0 Å². The molecule has 3 heteroatoms. The van der Waals surface area contributed by atoms with Crippen molar-refractivity contribution < 1.29 is 4.42 Å². The normalized spacial score (nSPS) is 17.6. The highest BCUT2D eigenvalue weighted by Crippen LogP contribution is 2.29. The van der Waals surface area contributed by atoms with Gasteiger partial charge in [-0.25, -0.2) is 0 Å². The van der Waals surface area contributed by atoms with Gasteiger partial charge in [0.15, 0.2) is 0 Å². The second-order valence-corrected chi connectivity index (χ2v) is 6.51. The molecule has 2 nitrogen and oxygen atoms in total. The Morgan fingerprint density at radius 1 is 1.37 bits per heavy atom. The van der Waals surface area contributed by atoms with E-state index in [1.54, 1.807) is 0 Å². The molecule has 0 amide bonds. The van der Waals surface area contributed by atoms with Gasteiger partial charge in [0.25, 0.3) is 0 Å². The minimum absolute atomic E-state index is 0.284. The van der Waals surface area contributed by atoms with Crippen molar-refractivity contribution in [1.82, 2.24) is 5.32 Å². The van der Waals surface area contributed by atoms with E-state index < -0.39 is 0 Å². The molecule has 1 saturated carbocycles. The number of nitrogens with one attached hydrogen (secondary N) is 1. The van der Waals surface area contributed by atoms with Crippen LogP contribution in [0.15, 0.2) is 33.2 Å². The molecule has 1 aromatic carbocycles. The first-order chi connectivity index (χ1) is 9.22. The Morgan fingerprint density at radius 2 is 2.21 bits per heavy atom. The van der Waals surface area contributed by atoms with E-state index in [1.807, 2.05) is 12.1 Å².